The van der Waals surface area contributed by atoms with Gasteiger partial charge in [-0.1, -0.05) is 36.7 Å². The van der Waals surface area contributed by atoms with Crippen LogP contribution in [0.15, 0.2) is 48.6 Å². The number of hydrogen-bond donors (Lipinski definition) is 2. The summed E-state index contributed by atoms with van der Waals surface area (Å²) < 4.78 is 41.0. The summed E-state index contributed by atoms with van der Waals surface area (Å²) in [5.41, 5.74) is 1.55. The van der Waals surface area contributed by atoms with Gasteiger partial charge in [0.2, 0.25) is 15.9 Å². The molecule has 6 rings (SSSR count). The first kappa shape index (κ1) is 36.7. The zero-order valence-electron chi connectivity index (χ0n) is 29.5. The van der Waals surface area contributed by atoms with Crippen LogP contribution in [0.4, 0.5) is 5.69 Å². The molecule has 272 valence electrons. The SMILES string of the molecule is COCCN(C)C(=O)C[C@]1(O)/C=C/C[C@H](C)[C@@H](C)S(=O)(=O)NC(=O)c2ccc3c(c2)N(C[C@@H]2CC[C@H]21)C[C@@]1(CCCc2cc(Cl)ccc21)CO3. The van der Waals surface area contributed by atoms with Gasteiger partial charge in [0.25, 0.3) is 5.91 Å². The van der Waals surface area contributed by atoms with Crippen molar-refractivity contribution in [3.8, 4) is 5.75 Å². The van der Waals surface area contributed by atoms with E-state index < -0.39 is 26.8 Å². The van der Waals surface area contributed by atoms with E-state index >= 15 is 0 Å². The molecule has 12 heteroatoms. The third-order valence-corrected chi connectivity index (χ3v) is 13.9. The third kappa shape index (κ3) is 7.29. The first-order valence-electron chi connectivity index (χ1n) is 17.7. The Balaban J connectivity index is 1.42. The Labute approximate surface area is 301 Å². The summed E-state index contributed by atoms with van der Waals surface area (Å²) >= 11 is 6.44. The fourth-order valence-corrected chi connectivity index (χ4v) is 9.77. The van der Waals surface area contributed by atoms with Crippen LogP contribution in [0.25, 0.3) is 0 Å². The molecule has 0 saturated heterocycles. The lowest BCUT2D eigenvalue weighted by Gasteiger charge is -2.49. The molecule has 0 aromatic heterocycles. The van der Waals surface area contributed by atoms with Gasteiger partial charge in [0, 0.05) is 49.8 Å². The van der Waals surface area contributed by atoms with Crippen LogP contribution in [-0.2, 0) is 31.4 Å². The zero-order chi connectivity index (χ0) is 35.8. The van der Waals surface area contributed by atoms with Crippen molar-refractivity contribution in [1.29, 1.82) is 0 Å². The normalized spacial score (nSPS) is 31.2. The van der Waals surface area contributed by atoms with Crippen LogP contribution < -0.4 is 14.4 Å². The average Bonchev–Trinajstić information content (AvgIpc) is 3.21. The fraction of sp³-hybridized carbons (Fsp3) is 0.579. The van der Waals surface area contributed by atoms with Crippen molar-refractivity contribution in [2.24, 2.45) is 17.8 Å². The molecule has 2 aromatic rings. The Morgan fingerprint density at radius 2 is 2.00 bits per heavy atom. The van der Waals surface area contributed by atoms with Crippen molar-refractivity contribution in [2.75, 3.05) is 51.9 Å². The smallest absolute Gasteiger partial charge is 0.264 e. The number of fused-ring (bicyclic) bond motifs is 4. The van der Waals surface area contributed by atoms with Crippen LogP contribution in [0.3, 0.4) is 0 Å². The van der Waals surface area contributed by atoms with Gasteiger partial charge in [0.1, 0.15) is 5.75 Å². The number of ether oxygens (including phenoxy) is 2. The number of nitrogens with zero attached hydrogens (tertiary/aromatic N) is 2. The molecule has 2 aliphatic heterocycles. The van der Waals surface area contributed by atoms with E-state index in [1.165, 1.54) is 11.1 Å². The molecule has 10 nitrogen and oxygen atoms in total. The molecule has 2 aliphatic carbocycles. The van der Waals surface area contributed by atoms with Crippen LogP contribution >= 0.6 is 11.6 Å². The Morgan fingerprint density at radius 1 is 1.20 bits per heavy atom. The molecule has 2 bridgehead atoms. The van der Waals surface area contributed by atoms with Gasteiger partial charge in [-0.3, -0.25) is 9.59 Å². The highest BCUT2D eigenvalue weighted by Gasteiger charge is 2.49. The van der Waals surface area contributed by atoms with E-state index in [1.807, 2.05) is 25.1 Å². The summed E-state index contributed by atoms with van der Waals surface area (Å²) in [5.74, 6) is -0.790. The molecule has 2 heterocycles. The van der Waals surface area contributed by atoms with Gasteiger partial charge in [0.15, 0.2) is 0 Å². The standard InChI is InChI=1S/C38H50ClN3O7S/c1-25-7-5-16-38(45,21-35(43)41(3)17-18-48-4)32-12-9-29(32)22-42-23-37(15-6-8-27-19-30(39)11-13-31(27)37)24-49-34-14-10-28(20-33(34)42)36(44)40-50(46,47)26(25)2/h5,10-11,13-14,16,19-20,25-26,29,32,45H,6-9,12,15,17-18,21-24H2,1-4H3,(H,40,44)/b16-5+/t25-,26+,29-,32+,37-,38+/m0/s1. The highest BCUT2D eigenvalue weighted by molar-refractivity contribution is 7.90. The summed E-state index contributed by atoms with van der Waals surface area (Å²) in [6, 6.07) is 11.2. The maximum Gasteiger partial charge on any atom is 0.264 e. The number of aryl methyl sites for hydroxylation is 1. The molecule has 1 spiro atoms. The van der Waals surface area contributed by atoms with Crippen molar-refractivity contribution in [1.82, 2.24) is 9.62 Å². The van der Waals surface area contributed by atoms with Crippen molar-refractivity contribution >= 4 is 39.1 Å². The number of anilines is 1. The van der Waals surface area contributed by atoms with Crippen LogP contribution in [0.5, 0.6) is 5.75 Å². The number of carbonyl (C=O) groups is 2. The molecule has 1 saturated carbocycles. The molecular weight excluding hydrogens is 678 g/mol. The van der Waals surface area contributed by atoms with E-state index in [0.717, 1.165) is 32.1 Å². The molecule has 2 amide bonds. The van der Waals surface area contributed by atoms with Crippen molar-refractivity contribution in [2.45, 2.75) is 75.1 Å². The lowest BCUT2D eigenvalue weighted by Crippen LogP contribution is -2.53. The highest BCUT2D eigenvalue weighted by atomic mass is 35.5. The van der Waals surface area contributed by atoms with E-state index in [0.29, 0.717) is 55.7 Å². The minimum atomic E-state index is -4.04. The number of halogens is 1. The van der Waals surface area contributed by atoms with Gasteiger partial charge in [-0.15, -0.1) is 0 Å². The number of likely N-dealkylation sites (N-methyl/N-ethyl adjacent to an activating group) is 1. The van der Waals surface area contributed by atoms with Crippen molar-refractivity contribution in [3.63, 3.8) is 0 Å². The third-order valence-electron chi connectivity index (χ3n) is 11.7. The molecule has 2 aromatic carbocycles. The van der Waals surface area contributed by atoms with Gasteiger partial charge < -0.3 is 24.4 Å². The quantitative estimate of drug-likeness (QED) is 0.408. The minimum Gasteiger partial charge on any atom is -0.490 e. The number of aliphatic hydroxyl groups is 1. The summed E-state index contributed by atoms with van der Waals surface area (Å²) in [5, 5.41) is 12.2. The van der Waals surface area contributed by atoms with Crippen LogP contribution in [-0.4, -0.2) is 88.1 Å². The second-order valence-electron chi connectivity index (χ2n) is 15.0. The summed E-state index contributed by atoms with van der Waals surface area (Å²) in [6.45, 7) is 5.78. The maximum absolute atomic E-state index is 13.5. The number of amides is 2. The number of rotatable bonds is 5. The first-order valence-corrected chi connectivity index (χ1v) is 19.7. The van der Waals surface area contributed by atoms with Gasteiger partial charge in [-0.25, -0.2) is 13.1 Å². The van der Waals surface area contributed by atoms with E-state index in [2.05, 4.69) is 15.7 Å². The van der Waals surface area contributed by atoms with Crippen LogP contribution in [0.1, 0.15) is 73.9 Å². The number of nitrogens with one attached hydrogen (secondary N) is 1. The Hall–Kier alpha value is -3.12. The van der Waals surface area contributed by atoms with Crippen molar-refractivity contribution < 1.29 is 32.6 Å². The van der Waals surface area contributed by atoms with Gasteiger partial charge in [0.05, 0.1) is 36.2 Å². The molecule has 1 fully saturated rings. The van der Waals surface area contributed by atoms with Gasteiger partial charge >= 0.3 is 0 Å². The number of sulfonamides is 1. The van der Waals surface area contributed by atoms with Gasteiger partial charge in [-0.2, -0.15) is 0 Å². The lowest BCUT2D eigenvalue weighted by atomic mass is 9.63. The van der Waals surface area contributed by atoms with E-state index in [4.69, 9.17) is 21.1 Å². The molecular formula is C38H50ClN3O7S. The molecule has 0 radical (unpaired) electrons. The Bertz CT molecular complexity index is 1750. The Morgan fingerprint density at radius 3 is 2.74 bits per heavy atom. The first-order chi connectivity index (χ1) is 23.7. The predicted molar refractivity (Wildman–Crippen MR) is 194 cm³/mol. The molecule has 6 atom stereocenters. The number of allylic oxidation sites excluding steroid dienone is 1. The monoisotopic (exact) mass is 727 g/mol. The molecule has 50 heavy (non-hydrogen) atoms. The molecule has 0 unspecified atom stereocenters. The highest BCUT2D eigenvalue weighted by Crippen LogP contribution is 2.49. The van der Waals surface area contributed by atoms with Crippen LogP contribution in [0, 0.1) is 17.8 Å². The fourth-order valence-electron chi connectivity index (χ4n) is 8.29. The number of hydrogen-bond acceptors (Lipinski definition) is 8. The van der Waals surface area contributed by atoms with Crippen LogP contribution in [0.2, 0.25) is 5.02 Å². The largest absolute Gasteiger partial charge is 0.490 e. The molecule has 2 N–H and O–H groups in total. The summed E-state index contributed by atoms with van der Waals surface area (Å²) in [4.78, 5) is 30.9. The van der Waals surface area contributed by atoms with E-state index in [-0.39, 0.29) is 41.1 Å². The topological polar surface area (TPSA) is 125 Å². The Kier molecular flexibility index (Phi) is 10.6. The minimum absolute atomic E-state index is 0.0418. The van der Waals surface area contributed by atoms with E-state index in [1.54, 1.807) is 50.3 Å². The van der Waals surface area contributed by atoms with Gasteiger partial charge in [-0.05, 0) is 105 Å². The zero-order valence-corrected chi connectivity index (χ0v) is 31.1. The number of benzene rings is 2. The average molecular weight is 728 g/mol. The second-order valence-corrected chi connectivity index (χ2v) is 17.5. The van der Waals surface area contributed by atoms with Crippen molar-refractivity contribution in [3.05, 3.63) is 70.3 Å². The van der Waals surface area contributed by atoms with E-state index in [9.17, 15) is 23.1 Å². The number of methoxy groups -OCH3 is 1. The summed E-state index contributed by atoms with van der Waals surface area (Å²) in [7, 11) is -0.737. The number of carbonyl (C=O) groups excluding carboxylic acids is 2. The summed E-state index contributed by atoms with van der Waals surface area (Å²) in [6.07, 6.45) is 8.20. The lowest BCUT2D eigenvalue weighted by molar-refractivity contribution is -0.138. The second kappa shape index (κ2) is 14.5. The predicted octanol–water partition coefficient (Wildman–Crippen LogP) is 5.11. The maximum atomic E-state index is 13.5. The molecule has 4 aliphatic rings.